The highest BCUT2D eigenvalue weighted by Gasteiger charge is 2.28. The van der Waals surface area contributed by atoms with Gasteiger partial charge in [-0.25, -0.2) is 4.39 Å². The average Bonchev–Trinajstić information content (AvgIpc) is 2.32. The van der Waals surface area contributed by atoms with Crippen LogP contribution in [0.4, 0.5) is 10.1 Å². The average molecular weight is 237 g/mol. The van der Waals surface area contributed by atoms with Crippen molar-refractivity contribution in [1.82, 2.24) is 0 Å². The summed E-state index contributed by atoms with van der Waals surface area (Å²) in [6, 6.07) is 4.96. The van der Waals surface area contributed by atoms with Gasteiger partial charge in [0.25, 0.3) is 0 Å². The quantitative estimate of drug-likeness (QED) is 0.845. The van der Waals surface area contributed by atoms with Crippen molar-refractivity contribution in [2.45, 2.75) is 44.6 Å². The lowest BCUT2D eigenvalue weighted by Crippen LogP contribution is -2.38. The van der Waals surface area contributed by atoms with E-state index in [1.165, 1.54) is 12.5 Å². The normalized spacial score (nSPS) is 19.0. The van der Waals surface area contributed by atoms with Gasteiger partial charge in [0.15, 0.2) is 0 Å². The van der Waals surface area contributed by atoms with Crippen molar-refractivity contribution < 1.29 is 9.50 Å². The Morgan fingerprint density at radius 1 is 1.29 bits per heavy atom. The van der Waals surface area contributed by atoms with Gasteiger partial charge in [-0.3, -0.25) is 0 Å². The summed E-state index contributed by atoms with van der Waals surface area (Å²) in [6.45, 7) is 2.30. The lowest BCUT2D eigenvalue weighted by molar-refractivity contribution is 0.0167. The van der Waals surface area contributed by atoms with E-state index in [1.54, 1.807) is 19.1 Å². The van der Waals surface area contributed by atoms with Crippen LogP contribution in [-0.2, 0) is 0 Å². The van der Waals surface area contributed by atoms with Crippen LogP contribution in [0.5, 0.6) is 0 Å². The molecule has 0 aromatic heterocycles. The molecule has 1 aromatic carbocycles. The molecule has 0 radical (unpaired) electrons. The second-order valence-electron chi connectivity index (χ2n) is 5.10. The molecule has 1 aliphatic rings. The third kappa shape index (κ3) is 3.19. The predicted octanol–water partition coefficient (Wildman–Crippen LogP) is 3.24. The largest absolute Gasteiger partial charge is 0.388 e. The molecule has 0 amide bonds. The van der Waals surface area contributed by atoms with Gasteiger partial charge in [-0.1, -0.05) is 19.3 Å². The lowest BCUT2D eigenvalue weighted by Gasteiger charge is -2.32. The van der Waals surface area contributed by atoms with Crippen LogP contribution in [0.3, 0.4) is 0 Å². The Balaban J connectivity index is 1.94. The van der Waals surface area contributed by atoms with E-state index < -0.39 is 5.60 Å². The molecular formula is C14H20FNO. The number of anilines is 1. The van der Waals surface area contributed by atoms with Gasteiger partial charge in [0.2, 0.25) is 0 Å². The van der Waals surface area contributed by atoms with E-state index in [1.807, 2.05) is 0 Å². The Kier molecular flexibility index (Phi) is 3.67. The number of aryl methyl sites for hydroxylation is 1. The van der Waals surface area contributed by atoms with E-state index in [0.29, 0.717) is 12.1 Å². The van der Waals surface area contributed by atoms with Crippen LogP contribution in [0, 0.1) is 12.7 Å². The van der Waals surface area contributed by atoms with Gasteiger partial charge < -0.3 is 10.4 Å². The zero-order valence-electron chi connectivity index (χ0n) is 10.3. The predicted molar refractivity (Wildman–Crippen MR) is 67.7 cm³/mol. The summed E-state index contributed by atoms with van der Waals surface area (Å²) in [5, 5.41) is 13.5. The van der Waals surface area contributed by atoms with E-state index in [0.717, 1.165) is 31.4 Å². The summed E-state index contributed by atoms with van der Waals surface area (Å²) in [4.78, 5) is 0. The van der Waals surface area contributed by atoms with Crippen molar-refractivity contribution >= 4 is 5.69 Å². The maximum atomic E-state index is 13.1. The van der Waals surface area contributed by atoms with Gasteiger partial charge >= 0.3 is 0 Å². The summed E-state index contributed by atoms with van der Waals surface area (Å²) in [6.07, 6.45) is 5.14. The molecule has 1 aromatic rings. The molecule has 94 valence electrons. The summed E-state index contributed by atoms with van der Waals surface area (Å²) in [7, 11) is 0. The number of hydrogen-bond acceptors (Lipinski definition) is 2. The van der Waals surface area contributed by atoms with E-state index >= 15 is 0 Å². The maximum Gasteiger partial charge on any atom is 0.126 e. The number of halogens is 1. The zero-order valence-corrected chi connectivity index (χ0v) is 10.3. The Hall–Kier alpha value is -1.09. The minimum absolute atomic E-state index is 0.188. The third-order valence-corrected chi connectivity index (χ3v) is 3.56. The first-order chi connectivity index (χ1) is 8.09. The van der Waals surface area contributed by atoms with Gasteiger partial charge in [0, 0.05) is 12.2 Å². The van der Waals surface area contributed by atoms with Gasteiger partial charge in [-0.15, -0.1) is 0 Å². The molecule has 0 bridgehead atoms. The SMILES string of the molecule is Cc1cc(NCC2(O)CCCCC2)ccc1F. The number of nitrogens with one attached hydrogen (secondary N) is 1. The Bertz CT molecular complexity index is 386. The minimum atomic E-state index is -0.583. The second kappa shape index (κ2) is 5.05. The molecule has 0 saturated heterocycles. The van der Waals surface area contributed by atoms with E-state index in [-0.39, 0.29) is 5.82 Å². The van der Waals surface area contributed by atoms with Crippen LogP contribution in [-0.4, -0.2) is 17.3 Å². The molecule has 0 spiro atoms. The summed E-state index contributed by atoms with van der Waals surface area (Å²) >= 11 is 0. The fourth-order valence-corrected chi connectivity index (χ4v) is 2.41. The monoisotopic (exact) mass is 237 g/mol. The Morgan fingerprint density at radius 3 is 2.65 bits per heavy atom. The van der Waals surface area contributed by atoms with Crippen LogP contribution >= 0.6 is 0 Å². The Labute approximate surface area is 102 Å². The minimum Gasteiger partial charge on any atom is -0.388 e. The van der Waals surface area contributed by atoms with Crippen molar-refractivity contribution in [3.05, 3.63) is 29.6 Å². The molecule has 2 N–H and O–H groups in total. The molecule has 0 unspecified atom stereocenters. The van der Waals surface area contributed by atoms with E-state index in [2.05, 4.69) is 5.32 Å². The fourth-order valence-electron chi connectivity index (χ4n) is 2.41. The molecule has 0 atom stereocenters. The van der Waals surface area contributed by atoms with Crippen LogP contribution in [0.1, 0.15) is 37.7 Å². The molecule has 2 nitrogen and oxygen atoms in total. The molecule has 1 fully saturated rings. The summed E-state index contributed by atoms with van der Waals surface area (Å²) < 4.78 is 13.1. The van der Waals surface area contributed by atoms with Gasteiger partial charge in [0.05, 0.1) is 5.60 Å². The van der Waals surface area contributed by atoms with Crippen LogP contribution in [0.25, 0.3) is 0 Å². The first-order valence-electron chi connectivity index (χ1n) is 6.31. The van der Waals surface area contributed by atoms with Crippen LogP contribution in [0.2, 0.25) is 0 Å². The molecule has 1 saturated carbocycles. The third-order valence-electron chi connectivity index (χ3n) is 3.56. The van der Waals surface area contributed by atoms with Crippen molar-refractivity contribution in [2.24, 2.45) is 0 Å². The number of hydrogen-bond donors (Lipinski definition) is 2. The van der Waals surface area contributed by atoms with Gasteiger partial charge in [-0.05, 0) is 43.5 Å². The Morgan fingerprint density at radius 2 is 2.00 bits per heavy atom. The standard InChI is InChI=1S/C14H20FNO/c1-11-9-12(5-6-13(11)15)16-10-14(17)7-3-2-4-8-14/h5-6,9,16-17H,2-4,7-8,10H2,1H3. The molecule has 1 aliphatic carbocycles. The molecule has 3 heteroatoms. The van der Waals surface area contributed by atoms with E-state index in [4.69, 9.17) is 0 Å². The highest BCUT2D eigenvalue weighted by Crippen LogP contribution is 2.28. The number of aliphatic hydroxyl groups is 1. The first-order valence-corrected chi connectivity index (χ1v) is 6.31. The summed E-state index contributed by atoms with van der Waals surface area (Å²) in [5.41, 5.74) is 0.925. The van der Waals surface area contributed by atoms with Crippen molar-refractivity contribution in [2.75, 3.05) is 11.9 Å². The van der Waals surface area contributed by atoms with E-state index in [9.17, 15) is 9.50 Å². The second-order valence-corrected chi connectivity index (χ2v) is 5.10. The maximum absolute atomic E-state index is 13.1. The molecule has 0 heterocycles. The van der Waals surface area contributed by atoms with Crippen molar-refractivity contribution in [3.8, 4) is 0 Å². The number of rotatable bonds is 3. The smallest absolute Gasteiger partial charge is 0.126 e. The molecule has 17 heavy (non-hydrogen) atoms. The summed E-state index contributed by atoms with van der Waals surface area (Å²) in [5.74, 6) is -0.188. The molecular weight excluding hydrogens is 217 g/mol. The van der Waals surface area contributed by atoms with Crippen LogP contribution in [0.15, 0.2) is 18.2 Å². The van der Waals surface area contributed by atoms with Crippen molar-refractivity contribution in [1.29, 1.82) is 0 Å². The van der Waals surface area contributed by atoms with Gasteiger partial charge in [-0.2, -0.15) is 0 Å². The number of benzene rings is 1. The molecule has 2 rings (SSSR count). The molecule has 0 aliphatic heterocycles. The topological polar surface area (TPSA) is 32.3 Å². The first kappa shape index (κ1) is 12.4. The van der Waals surface area contributed by atoms with Gasteiger partial charge in [0.1, 0.15) is 5.82 Å². The lowest BCUT2D eigenvalue weighted by atomic mass is 9.85. The van der Waals surface area contributed by atoms with Crippen LogP contribution < -0.4 is 5.32 Å². The zero-order chi connectivity index (χ0) is 12.3. The highest BCUT2D eigenvalue weighted by molar-refractivity contribution is 5.46. The van der Waals surface area contributed by atoms with Crippen molar-refractivity contribution in [3.63, 3.8) is 0 Å². The highest BCUT2D eigenvalue weighted by atomic mass is 19.1. The fraction of sp³-hybridized carbons (Fsp3) is 0.571.